The van der Waals surface area contributed by atoms with Gasteiger partial charge in [-0.05, 0) is 42.5 Å². The van der Waals surface area contributed by atoms with E-state index in [0.29, 0.717) is 17.9 Å². The average molecular weight is 595 g/mol. The van der Waals surface area contributed by atoms with E-state index in [9.17, 15) is 4.79 Å². The molecule has 1 saturated heterocycles. The fourth-order valence-corrected chi connectivity index (χ4v) is 7.04. The summed E-state index contributed by atoms with van der Waals surface area (Å²) in [5, 5.41) is 15.9. The molecule has 0 radical (unpaired) electrons. The van der Waals surface area contributed by atoms with E-state index >= 15 is 0 Å². The van der Waals surface area contributed by atoms with Crippen LogP contribution in [0, 0.1) is 6.92 Å². The lowest BCUT2D eigenvalue weighted by molar-refractivity contribution is 0.0904. The van der Waals surface area contributed by atoms with Crippen molar-refractivity contribution in [2.45, 2.75) is 49.7 Å². The number of hydrogen-bond donors (Lipinski definition) is 1. The number of carbonyl (C=O) groups excluding carboxylic acids is 1. The van der Waals surface area contributed by atoms with Gasteiger partial charge in [0.1, 0.15) is 16.5 Å². The molecule has 0 spiro atoms. The molecule has 42 heavy (non-hydrogen) atoms. The third kappa shape index (κ3) is 6.98. The smallest absolute Gasteiger partial charge is 0.270 e. The van der Waals surface area contributed by atoms with Gasteiger partial charge in [0.2, 0.25) is 0 Å². The van der Waals surface area contributed by atoms with E-state index in [0.717, 1.165) is 59.7 Å². The average Bonchev–Trinajstić information content (AvgIpc) is 3.66. The lowest BCUT2D eigenvalue weighted by Crippen LogP contribution is -2.44. The first-order valence-corrected chi connectivity index (χ1v) is 16.2. The van der Waals surface area contributed by atoms with Crippen LogP contribution in [0.5, 0.6) is 0 Å². The highest BCUT2D eigenvalue weighted by molar-refractivity contribution is 7.98. The van der Waals surface area contributed by atoms with E-state index < -0.39 is 0 Å². The highest BCUT2D eigenvalue weighted by Gasteiger charge is 2.23. The second kappa shape index (κ2) is 13.5. The lowest BCUT2D eigenvalue weighted by atomic mass is 10.0. The standard InChI is InChI=1S/C33H34N6OS2/c1-24-10-8-9-15-29(24)39-30(20-25-11-4-2-5-12-25)36-37-33(39)42-23-31-35-28(22-41-31)32(40)34-27-16-18-38(19-17-27)21-26-13-6-3-7-14-26/h2-15,22,27H,16-21,23H2,1H3,(H,34,40). The monoisotopic (exact) mass is 594 g/mol. The van der Waals surface area contributed by atoms with Crippen LogP contribution in [0.1, 0.15) is 50.9 Å². The molecule has 1 N–H and O–H groups in total. The highest BCUT2D eigenvalue weighted by atomic mass is 32.2. The fourth-order valence-electron chi connectivity index (χ4n) is 5.29. The molecule has 2 aromatic heterocycles. The Morgan fingerprint density at radius 2 is 1.62 bits per heavy atom. The number of para-hydroxylation sites is 1. The van der Waals surface area contributed by atoms with Crippen LogP contribution < -0.4 is 5.32 Å². The number of amides is 1. The van der Waals surface area contributed by atoms with E-state index in [1.165, 1.54) is 22.5 Å². The van der Waals surface area contributed by atoms with E-state index in [2.05, 4.69) is 85.4 Å². The Morgan fingerprint density at radius 3 is 2.36 bits per heavy atom. The summed E-state index contributed by atoms with van der Waals surface area (Å²) in [5.41, 5.74) is 5.25. The van der Waals surface area contributed by atoms with Crippen LogP contribution in [0.3, 0.4) is 0 Å². The quantitative estimate of drug-likeness (QED) is 0.191. The van der Waals surface area contributed by atoms with Gasteiger partial charge in [-0.25, -0.2) is 4.98 Å². The van der Waals surface area contributed by atoms with Crippen molar-refractivity contribution in [2.24, 2.45) is 0 Å². The molecule has 7 nitrogen and oxygen atoms in total. The van der Waals surface area contributed by atoms with Gasteiger partial charge in [-0.3, -0.25) is 14.3 Å². The third-order valence-corrected chi connectivity index (χ3v) is 9.51. The maximum Gasteiger partial charge on any atom is 0.270 e. The summed E-state index contributed by atoms with van der Waals surface area (Å²) in [5.74, 6) is 1.43. The van der Waals surface area contributed by atoms with Gasteiger partial charge in [0, 0.05) is 37.5 Å². The number of thiazole rings is 1. The fraction of sp³-hybridized carbons (Fsp3) is 0.273. The first kappa shape index (κ1) is 28.3. The van der Waals surface area contributed by atoms with Gasteiger partial charge < -0.3 is 5.32 Å². The molecule has 9 heteroatoms. The highest BCUT2D eigenvalue weighted by Crippen LogP contribution is 2.29. The molecule has 0 aliphatic carbocycles. The van der Waals surface area contributed by atoms with E-state index in [4.69, 9.17) is 0 Å². The predicted octanol–water partition coefficient (Wildman–Crippen LogP) is 6.31. The number of nitrogens with zero attached hydrogens (tertiary/aromatic N) is 5. The summed E-state index contributed by atoms with van der Waals surface area (Å²) in [6, 6.07) is 29.4. The number of benzene rings is 3. The second-order valence-corrected chi connectivity index (χ2v) is 12.5. The van der Waals surface area contributed by atoms with Gasteiger partial charge in [-0.2, -0.15) is 0 Å². The number of piperidine rings is 1. The maximum absolute atomic E-state index is 13.0. The van der Waals surface area contributed by atoms with Crippen molar-refractivity contribution >= 4 is 29.0 Å². The zero-order valence-electron chi connectivity index (χ0n) is 23.6. The normalized spacial score (nSPS) is 14.2. The van der Waals surface area contributed by atoms with Gasteiger partial charge >= 0.3 is 0 Å². The molecular weight excluding hydrogens is 561 g/mol. The van der Waals surface area contributed by atoms with Crippen LogP contribution in [0.25, 0.3) is 5.69 Å². The summed E-state index contributed by atoms with van der Waals surface area (Å²) in [6.45, 7) is 5.02. The Kier molecular flexibility index (Phi) is 9.08. The summed E-state index contributed by atoms with van der Waals surface area (Å²) in [6.07, 6.45) is 2.59. The molecule has 0 bridgehead atoms. The summed E-state index contributed by atoms with van der Waals surface area (Å²) < 4.78 is 2.15. The van der Waals surface area contributed by atoms with Crippen molar-refractivity contribution < 1.29 is 4.79 Å². The van der Waals surface area contributed by atoms with E-state index in [1.807, 2.05) is 41.8 Å². The number of thioether (sulfide) groups is 1. The largest absolute Gasteiger partial charge is 0.348 e. The van der Waals surface area contributed by atoms with Crippen LogP contribution in [-0.2, 0) is 18.7 Å². The van der Waals surface area contributed by atoms with Crippen LogP contribution in [0.2, 0.25) is 0 Å². The minimum atomic E-state index is -0.0859. The molecular formula is C33H34N6OS2. The topological polar surface area (TPSA) is 75.9 Å². The van der Waals surface area contributed by atoms with Crippen LogP contribution in [0.15, 0.2) is 95.5 Å². The number of hydrogen-bond acceptors (Lipinski definition) is 7. The van der Waals surface area contributed by atoms with Crippen LogP contribution >= 0.6 is 23.1 Å². The maximum atomic E-state index is 13.0. The summed E-state index contributed by atoms with van der Waals surface area (Å²) in [7, 11) is 0. The first-order chi connectivity index (χ1) is 20.6. The third-order valence-electron chi connectivity index (χ3n) is 7.54. The molecule has 1 fully saturated rings. The predicted molar refractivity (Wildman–Crippen MR) is 169 cm³/mol. The van der Waals surface area contributed by atoms with Crippen molar-refractivity contribution in [3.8, 4) is 5.69 Å². The zero-order valence-corrected chi connectivity index (χ0v) is 25.3. The Bertz CT molecular complexity index is 1610. The Morgan fingerprint density at radius 1 is 0.929 bits per heavy atom. The molecule has 0 saturated carbocycles. The molecule has 1 aliphatic heterocycles. The minimum absolute atomic E-state index is 0.0859. The summed E-state index contributed by atoms with van der Waals surface area (Å²) >= 11 is 3.11. The van der Waals surface area contributed by atoms with Crippen molar-refractivity contribution in [3.05, 3.63) is 124 Å². The number of rotatable bonds is 10. The first-order valence-electron chi connectivity index (χ1n) is 14.3. The molecule has 3 aromatic carbocycles. The number of likely N-dealkylation sites (tertiary alicyclic amines) is 1. The lowest BCUT2D eigenvalue weighted by Gasteiger charge is -2.32. The molecule has 0 unspecified atom stereocenters. The number of aromatic nitrogens is 4. The number of nitrogens with one attached hydrogen (secondary N) is 1. The summed E-state index contributed by atoms with van der Waals surface area (Å²) in [4.78, 5) is 20.1. The van der Waals surface area contributed by atoms with Crippen molar-refractivity contribution in [1.29, 1.82) is 0 Å². The Balaban J connectivity index is 1.07. The zero-order chi connectivity index (χ0) is 28.7. The van der Waals surface area contributed by atoms with Gasteiger partial charge in [-0.1, -0.05) is 90.6 Å². The molecule has 1 amide bonds. The van der Waals surface area contributed by atoms with Crippen molar-refractivity contribution in [1.82, 2.24) is 30.0 Å². The number of aryl methyl sites for hydroxylation is 1. The molecule has 214 valence electrons. The van der Waals surface area contributed by atoms with E-state index in [1.54, 1.807) is 11.8 Å². The molecule has 5 aromatic rings. The van der Waals surface area contributed by atoms with Crippen LogP contribution in [-0.4, -0.2) is 49.7 Å². The second-order valence-electron chi connectivity index (χ2n) is 10.6. The van der Waals surface area contributed by atoms with Gasteiger partial charge in [0.25, 0.3) is 5.91 Å². The molecule has 3 heterocycles. The Labute approximate surface area is 255 Å². The van der Waals surface area contributed by atoms with Crippen molar-refractivity contribution in [2.75, 3.05) is 13.1 Å². The van der Waals surface area contributed by atoms with Crippen LogP contribution in [0.4, 0.5) is 0 Å². The molecule has 0 atom stereocenters. The van der Waals surface area contributed by atoms with E-state index in [-0.39, 0.29) is 11.9 Å². The number of carbonyl (C=O) groups is 1. The molecule has 1 aliphatic rings. The Hall–Kier alpha value is -3.79. The van der Waals surface area contributed by atoms with Gasteiger partial charge in [-0.15, -0.1) is 21.5 Å². The van der Waals surface area contributed by atoms with Gasteiger partial charge in [0.15, 0.2) is 5.16 Å². The van der Waals surface area contributed by atoms with Crippen molar-refractivity contribution in [3.63, 3.8) is 0 Å². The minimum Gasteiger partial charge on any atom is -0.348 e. The SMILES string of the molecule is Cc1ccccc1-n1c(Cc2ccccc2)nnc1SCc1nc(C(=O)NC2CCN(Cc3ccccc3)CC2)cs1. The van der Waals surface area contributed by atoms with Gasteiger partial charge in [0.05, 0.1) is 11.4 Å². The molecule has 6 rings (SSSR count).